The van der Waals surface area contributed by atoms with E-state index in [1.165, 1.54) is 11.8 Å². The van der Waals surface area contributed by atoms with Gasteiger partial charge in [0, 0.05) is 6.04 Å². The van der Waals surface area contributed by atoms with Crippen molar-refractivity contribution < 1.29 is 0 Å². The molecule has 0 spiro atoms. The van der Waals surface area contributed by atoms with Gasteiger partial charge in [0.2, 0.25) is 0 Å². The lowest BCUT2D eigenvalue weighted by Gasteiger charge is -2.14. The molecule has 0 radical (unpaired) electrons. The molecule has 0 fully saturated rings. The van der Waals surface area contributed by atoms with Crippen LogP contribution in [-0.2, 0) is 0 Å². The van der Waals surface area contributed by atoms with E-state index in [4.69, 9.17) is 5.73 Å². The first-order valence-corrected chi connectivity index (χ1v) is 5.15. The van der Waals surface area contributed by atoms with Crippen LogP contribution in [0.3, 0.4) is 0 Å². The molecule has 1 atom stereocenters. The molecule has 0 saturated carbocycles. The van der Waals surface area contributed by atoms with E-state index in [1.807, 2.05) is 18.2 Å². The quantitative estimate of drug-likeness (QED) is 0.822. The molecule has 0 aliphatic carbocycles. The van der Waals surface area contributed by atoms with Gasteiger partial charge in [-0.15, -0.1) is 0 Å². The Morgan fingerprint density at radius 2 is 1.94 bits per heavy atom. The van der Waals surface area contributed by atoms with Gasteiger partial charge in [-0.2, -0.15) is 0 Å². The third kappa shape index (κ3) is 2.48. The van der Waals surface area contributed by atoms with Gasteiger partial charge >= 0.3 is 0 Å². The standard InChI is InChI=1S/C12H14N4/c1-9(10-5-3-2-4-6-10)15-12-8-14-7-11(13)16-12/h2-9H,1H3,(H3,13,15,16). The summed E-state index contributed by atoms with van der Waals surface area (Å²) < 4.78 is 0. The minimum Gasteiger partial charge on any atom is -0.382 e. The van der Waals surface area contributed by atoms with Gasteiger partial charge in [-0.05, 0) is 12.5 Å². The smallest absolute Gasteiger partial charge is 0.147 e. The van der Waals surface area contributed by atoms with E-state index in [-0.39, 0.29) is 6.04 Å². The molecule has 1 unspecified atom stereocenters. The van der Waals surface area contributed by atoms with Crippen LogP contribution in [0.15, 0.2) is 42.7 Å². The summed E-state index contributed by atoms with van der Waals surface area (Å²) in [5.74, 6) is 1.11. The molecule has 0 saturated heterocycles. The number of nitrogens with zero attached hydrogens (tertiary/aromatic N) is 2. The van der Waals surface area contributed by atoms with E-state index in [9.17, 15) is 0 Å². The number of rotatable bonds is 3. The molecule has 82 valence electrons. The molecule has 2 rings (SSSR count). The van der Waals surface area contributed by atoms with Gasteiger partial charge in [0.25, 0.3) is 0 Å². The van der Waals surface area contributed by atoms with Crippen LogP contribution in [0.5, 0.6) is 0 Å². The average molecular weight is 214 g/mol. The van der Waals surface area contributed by atoms with Crippen LogP contribution in [0.2, 0.25) is 0 Å². The molecule has 0 amide bonds. The van der Waals surface area contributed by atoms with Crippen molar-refractivity contribution in [1.29, 1.82) is 0 Å². The van der Waals surface area contributed by atoms with Crippen LogP contribution in [0.1, 0.15) is 18.5 Å². The maximum atomic E-state index is 5.56. The van der Waals surface area contributed by atoms with Gasteiger partial charge in [-0.1, -0.05) is 30.3 Å². The lowest BCUT2D eigenvalue weighted by atomic mass is 10.1. The van der Waals surface area contributed by atoms with E-state index in [0.29, 0.717) is 11.6 Å². The van der Waals surface area contributed by atoms with Crippen molar-refractivity contribution in [3.63, 3.8) is 0 Å². The van der Waals surface area contributed by atoms with E-state index in [2.05, 4.69) is 34.3 Å². The normalized spacial score (nSPS) is 12.1. The Balaban J connectivity index is 2.11. The number of nitrogens with one attached hydrogen (secondary N) is 1. The summed E-state index contributed by atoms with van der Waals surface area (Å²) in [4.78, 5) is 8.12. The molecule has 0 aliphatic rings. The first-order chi connectivity index (χ1) is 7.75. The summed E-state index contributed by atoms with van der Waals surface area (Å²) >= 11 is 0. The van der Waals surface area contributed by atoms with Crippen LogP contribution in [0.4, 0.5) is 11.6 Å². The highest BCUT2D eigenvalue weighted by Crippen LogP contribution is 2.16. The van der Waals surface area contributed by atoms with Crippen LogP contribution >= 0.6 is 0 Å². The van der Waals surface area contributed by atoms with E-state index in [0.717, 1.165) is 0 Å². The Morgan fingerprint density at radius 1 is 1.19 bits per heavy atom. The minimum absolute atomic E-state index is 0.178. The molecule has 1 aromatic carbocycles. The van der Waals surface area contributed by atoms with Gasteiger partial charge in [-0.3, -0.25) is 4.98 Å². The Labute approximate surface area is 94.5 Å². The summed E-state index contributed by atoms with van der Waals surface area (Å²) in [5, 5.41) is 3.25. The predicted octanol–water partition coefficient (Wildman–Crippen LogP) is 2.23. The third-order valence-corrected chi connectivity index (χ3v) is 2.32. The van der Waals surface area contributed by atoms with Gasteiger partial charge < -0.3 is 11.1 Å². The molecule has 4 nitrogen and oxygen atoms in total. The van der Waals surface area contributed by atoms with Crippen molar-refractivity contribution in [3.8, 4) is 0 Å². The first-order valence-electron chi connectivity index (χ1n) is 5.15. The molecule has 0 aliphatic heterocycles. The molecule has 4 heteroatoms. The highest BCUT2D eigenvalue weighted by Gasteiger charge is 2.05. The fourth-order valence-corrected chi connectivity index (χ4v) is 1.50. The highest BCUT2D eigenvalue weighted by atomic mass is 15.1. The number of hydrogen-bond acceptors (Lipinski definition) is 4. The molecule has 1 heterocycles. The van der Waals surface area contributed by atoms with Crippen molar-refractivity contribution in [1.82, 2.24) is 9.97 Å². The second kappa shape index (κ2) is 4.61. The summed E-state index contributed by atoms with van der Waals surface area (Å²) in [6, 6.07) is 10.3. The highest BCUT2D eigenvalue weighted by molar-refractivity contribution is 5.40. The van der Waals surface area contributed by atoms with Gasteiger partial charge in [0.1, 0.15) is 11.6 Å². The number of nitrogens with two attached hydrogens (primary N) is 1. The van der Waals surface area contributed by atoms with Crippen LogP contribution in [0, 0.1) is 0 Å². The van der Waals surface area contributed by atoms with Crippen molar-refractivity contribution in [2.24, 2.45) is 0 Å². The molecule has 2 aromatic rings. The maximum absolute atomic E-state index is 5.56. The minimum atomic E-state index is 0.178. The van der Waals surface area contributed by atoms with Crippen molar-refractivity contribution >= 4 is 11.6 Å². The molecular formula is C12H14N4. The lowest BCUT2D eigenvalue weighted by Crippen LogP contribution is -2.08. The SMILES string of the molecule is CC(Nc1cncc(N)n1)c1ccccc1. The summed E-state index contributed by atoms with van der Waals surface area (Å²) in [6.07, 6.45) is 3.19. The predicted molar refractivity (Wildman–Crippen MR) is 64.9 cm³/mol. The van der Waals surface area contributed by atoms with E-state index in [1.54, 1.807) is 6.20 Å². The monoisotopic (exact) mass is 214 g/mol. The fraction of sp³-hybridized carbons (Fsp3) is 0.167. The lowest BCUT2D eigenvalue weighted by molar-refractivity contribution is 0.872. The molecule has 3 N–H and O–H groups in total. The summed E-state index contributed by atoms with van der Waals surface area (Å²) in [5.41, 5.74) is 6.76. The number of aromatic nitrogens is 2. The zero-order valence-corrected chi connectivity index (χ0v) is 9.09. The summed E-state index contributed by atoms with van der Waals surface area (Å²) in [7, 11) is 0. The molecule has 1 aromatic heterocycles. The van der Waals surface area contributed by atoms with Crippen molar-refractivity contribution in [2.45, 2.75) is 13.0 Å². The van der Waals surface area contributed by atoms with Crippen LogP contribution in [-0.4, -0.2) is 9.97 Å². The van der Waals surface area contributed by atoms with E-state index >= 15 is 0 Å². The topological polar surface area (TPSA) is 63.8 Å². The largest absolute Gasteiger partial charge is 0.382 e. The molecule has 16 heavy (non-hydrogen) atoms. The number of benzene rings is 1. The molecule has 0 bridgehead atoms. The van der Waals surface area contributed by atoms with Gasteiger partial charge in [-0.25, -0.2) is 4.98 Å². The summed E-state index contributed by atoms with van der Waals surface area (Å²) in [6.45, 7) is 2.07. The number of hydrogen-bond donors (Lipinski definition) is 2. The third-order valence-electron chi connectivity index (χ3n) is 2.32. The van der Waals surface area contributed by atoms with Gasteiger partial charge in [0.05, 0.1) is 12.4 Å². The maximum Gasteiger partial charge on any atom is 0.147 e. The second-order valence-corrected chi connectivity index (χ2v) is 3.61. The zero-order chi connectivity index (χ0) is 11.4. The molecular weight excluding hydrogens is 200 g/mol. The Kier molecular flexibility index (Phi) is 3.00. The Hall–Kier alpha value is -2.10. The average Bonchev–Trinajstić information content (AvgIpc) is 2.30. The van der Waals surface area contributed by atoms with Crippen molar-refractivity contribution in [2.75, 3.05) is 11.1 Å². The number of nitrogen functional groups attached to an aromatic ring is 1. The number of anilines is 2. The first kappa shape index (κ1) is 10.4. The van der Waals surface area contributed by atoms with Crippen LogP contribution < -0.4 is 11.1 Å². The van der Waals surface area contributed by atoms with Crippen LogP contribution in [0.25, 0.3) is 0 Å². The van der Waals surface area contributed by atoms with Gasteiger partial charge in [0.15, 0.2) is 0 Å². The Morgan fingerprint density at radius 3 is 2.62 bits per heavy atom. The fourth-order valence-electron chi connectivity index (χ4n) is 1.50. The zero-order valence-electron chi connectivity index (χ0n) is 9.09. The van der Waals surface area contributed by atoms with E-state index < -0.39 is 0 Å². The second-order valence-electron chi connectivity index (χ2n) is 3.61. The van der Waals surface area contributed by atoms with Crippen molar-refractivity contribution in [3.05, 3.63) is 48.3 Å². The Bertz CT molecular complexity index is 456.